The largest absolute Gasteiger partial charge is 0.641 e. The molecule has 0 bridgehead atoms. The maximum absolute atomic E-state index is 12.9. The number of hydrogen-bond acceptors (Lipinski definition) is 3. The molecule has 0 amide bonds. The molecule has 94 valence electrons. The van der Waals surface area contributed by atoms with Gasteiger partial charge in [-0.3, -0.25) is 0 Å². The first-order valence-electron chi connectivity index (χ1n) is 6.21. The molecule has 1 heterocycles. The van der Waals surface area contributed by atoms with E-state index in [0.717, 1.165) is 25.1 Å². The fourth-order valence-corrected chi connectivity index (χ4v) is 4.81. The molecule has 0 saturated carbocycles. The molecule has 17 heavy (non-hydrogen) atoms. The van der Waals surface area contributed by atoms with Gasteiger partial charge in [-0.25, -0.2) is 4.52 Å². The molecule has 1 aliphatic rings. The summed E-state index contributed by atoms with van der Waals surface area (Å²) in [6, 6.07) is 9.95. The molecule has 2 atom stereocenters. The van der Waals surface area contributed by atoms with Crippen LogP contribution in [0.1, 0.15) is 25.8 Å². The molecule has 0 aliphatic carbocycles. The summed E-state index contributed by atoms with van der Waals surface area (Å²) in [6.07, 6.45) is 1.59. The lowest BCUT2D eigenvalue weighted by atomic mass is 10.2. The second kappa shape index (κ2) is 5.45. The van der Waals surface area contributed by atoms with E-state index < -0.39 is 7.87 Å². The van der Waals surface area contributed by atoms with E-state index in [2.05, 4.69) is 0 Å². The summed E-state index contributed by atoms with van der Waals surface area (Å²) in [5.74, 6) is 0. The van der Waals surface area contributed by atoms with Gasteiger partial charge in [0.2, 0.25) is 0 Å². The van der Waals surface area contributed by atoms with Gasteiger partial charge >= 0.3 is 0 Å². The Morgan fingerprint density at radius 3 is 2.76 bits per heavy atom. The maximum atomic E-state index is 12.9. The molecule has 1 fully saturated rings. The standard InChI is InChI=1S/C13H20NO2P/c1-3-14-10-9-12(2)16-17(14,15)11-13-7-5-4-6-8-13/h4-8,12H,3,9-11H2,1-2H3/t12-,17?/m0/s1. The average molecular weight is 253 g/mol. The van der Waals surface area contributed by atoms with Crippen LogP contribution in [0.15, 0.2) is 30.3 Å². The lowest BCUT2D eigenvalue weighted by molar-refractivity contribution is -0.216. The van der Waals surface area contributed by atoms with Crippen LogP contribution in [-0.4, -0.2) is 23.9 Å². The lowest BCUT2D eigenvalue weighted by Gasteiger charge is -2.43. The van der Waals surface area contributed by atoms with Crippen molar-refractivity contribution in [3.05, 3.63) is 35.9 Å². The highest BCUT2D eigenvalue weighted by atomic mass is 31.2. The van der Waals surface area contributed by atoms with Crippen LogP contribution in [0.4, 0.5) is 0 Å². The highest BCUT2D eigenvalue weighted by Gasteiger charge is 2.41. The minimum atomic E-state index is -2.67. The maximum Gasteiger partial charge on any atom is 0.178 e. The number of rotatable bonds is 3. The third-order valence-electron chi connectivity index (χ3n) is 3.16. The SMILES string of the molecule is CCN1CC[C@H](C)O[P+]1([O-])Cc1ccccc1. The Labute approximate surface area is 104 Å². The first-order valence-corrected chi connectivity index (χ1v) is 7.97. The molecule has 2 rings (SSSR count). The normalized spacial score (nSPS) is 30.4. The Morgan fingerprint density at radius 2 is 2.12 bits per heavy atom. The van der Waals surface area contributed by atoms with E-state index in [4.69, 9.17) is 4.52 Å². The van der Waals surface area contributed by atoms with Crippen LogP contribution in [0.25, 0.3) is 0 Å². The summed E-state index contributed by atoms with van der Waals surface area (Å²) in [4.78, 5) is 12.9. The topological polar surface area (TPSA) is 35.5 Å². The van der Waals surface area contributed by atoms with Gasteiger partial charge in [0.25, 0.3) is 0 Å². The first-order chi connectivity index (χ1) is 8.14. The minimum Gasteiger partial charge on any atom is -0.641 e. The van der Waals surface area contributed by atoms with Crippen molar-refractivity contribution in [1.29, 1.82) is 0 Å². The summed E-state index contributed by atoms with van der Waals surface area (Å²) in [5, 5.41) is 0. The van der Waals surface area contributed by atoms with E-state index in [-0.39, 0.29) is 6.10 Å². The van der Waals surface area contributed by atoms with Gasteiger partial charge in [-0.05, 0) is 25.8 Å². The average Bonchev–Trinajstić information content (AvgIpc) is 2.30. The molecule has 0 N–H and O–H groups in total. The highest BCUT2D eigenvalue weighted by Crippen LogP contribution is 2.60. The molecule has 4 heteroatoms. The third-order valence-corrected chi connectivity index (χ3v) is 5.96. The molecular formula is C13H20NO2P. The van der Waals surface area contributed by atoms with Crippen molar-refractivity contribution in [1.82, 2.24) is 4.67 Å². The van der Waals surface area contributed by atoms with Crippen LogP contribution in [-0.2, 0) is 10.7 Å². The second-order valence-electron chi connectivity index (χ2n) is 4.53. The van der Waals surface area contributed by atoms with Crippen molar-refractivity contribution in [3.8, 4) is 0 Å². The highest BCUT2D eigenvalue weighted by molar-refractivity contribution is 7.61. The van der Waals surface area contributed by atoms with E-state index in [1.54, 1.807) is 0 Å². The van der Waals surface area contributed by atoms with Crippen molar-refractivity contribution in [2.45, 2.75) is 32.5 Å². The molecule has 1 saturated heterocycles. The third kappa shape index (κ3) is 3.05. The second-order valence-corrected chi connectivity index (χ2v) is 6.90. The summed E-state index contributed by atoms with van der Waals surface area (Å²) in [5.41, 5.74) is 1.09. The molecule has 1 aromatic rings. The van der Waals surface area contributed by atoms with Crippen LogP contribution < -0.4 is 4.89 Å². The minimum absolute atomic E-state index is 0.104. The zero-order valence-electron chi connectivity index (χ0n) is 10.5. The monoisotopic (exact) mass is 253 g/mol. The van der Waals surface area contributed by atoms with E-state index >= 15 is 0 Å². The van der Waals surface area contributed by atoms with Gasteiger partial charge in [0.05, 0.1) is 0 Å². The Hall–Kier alpha value is -0.470. The first kappa shape index (κ1) is 13.0. The van der Waals surface area contributed by atoms with E-state index in [9.17, 15) is 4.89 Å². The van der Waals surface area contributed by atoms with Crippen molar-refractivity contribution in [2.24, 2.45) is 0 Å². The smallest absolute Gasteiger partial charge is 0.178 e. The Balaban J connectivity index is 2.14. The molecule has 0 radical (unpaired) electrons. The van der Waals surface area contributed by atoms with Gasteiger partial charge in [0.1, 0.15) is 12.3 Å². The van der Waals surface area contributed by atoms with Crippen molar-refractivity contribution >= 4 is 7.87 Å². The van der Waals surface area contributed by atoms with E-state index in [1.807, 2.05) is 48.8 Å². The van der Waals surface area contributed by atoms with Crippen LogP contribution in [0.2, 0.25) is 0 Å². The fourth-order valence-electron chi connectivity index (χ4n) is 2.21. The van der Waals surface area contributed by atoms with Gasteiger partial charge in [0, 0.05) is 13.1 Å². The lowest BCUT2D eigenvalue weighted by Crippen LogP contribution is -2.41. The predicted molar refractivity (Wildman–Crippen MR) is 69.5 cm³/mol. The van der Waals surface area contributed by atoms with Crippen LogP contribution in [0.3, 0.4) is 0 Å². The molecule has 1 aliphatic heterocycles. The van der Waals surface area contributed by atoms with Gasteiger partial charge in [0.15, 0.2) is 7.87 Å². The number of hydrogen-bond donors (Lipinski definition) is 0. The zero-order valence-corrected chi connectivity index (χ0v) is 11.4. The summed E-state index contributed by atoms with van der Waals surface area (Å²) in [6.45, 7) is 5.71. The molecule has 1 unspecified atom stereocenters. The van der Waals surface area contributed by atoms with Crippen LogP contribution >= 0.6 is 7.87 Å². The van der Waals surface area contributed by atoms with Gasteiger partial charge in [-0.1, -0.05) is 30.3 Å². The van der Waals surface area contributed by atoms with E-state index in [1.165, 1.54) is 0 Å². The molecule has 0 aromatic heterocycles. The molecule has 1 aromatic carbocycles. The number of benzene rings is 1. The molecule has 3 nitrogen and oxygen atoms in total. The quantitative estimate of drug-likeness (QED) is 0.776. The van der Waals surface area contributed by atoms with Crippen molar-refractivity contribution in [3.63, 3.8) is 0 Å². The van der Waals surface area contributed by atoms with Gasteiger partial charge in [-0.2, -0.15) is 4.67 Å². The molecular weight excluding hydrogens is 233 g/mol. The van der Waals surface area contributed by atoms with E-state index in [0.29, 0.717) is 6.16 Å². The number of nitrogens with zero attached hydrogens (tertiary/aromatic N) is 1. The Bertz CT molecular complexity index is 360. The predicted octanol–water partition coefficient (Wildman–Crippen LogP) is 2.44. The zero-order chi connectivity index (χ0) is 12.3. The van der Waals surface area contributed by atoms with Crippen molar-refractivity contribution < 1.29 is 9.42 Å². The summed E-state index contributed by atoms with van der Waals surface area (Å²) >= 11 is 0. The van der Waals surface area contributed by atoms with Gasteiger partial charge < -0.3 is 4.89 Å². The van der Waals surface area contributed by atoms with Crippen molar-refractivity contribution in [2.75, 3.05) is 13.1 Å². The fraction of sp³-hybridized carbons (Fsp3) is 0.538. The summed E-state index contributed by atoms with van der Waals surface area (Å²) in [7, 11) is -2.67. The summed E-state index contributed by atoms with van der Waals surface area (Å²) < 4.78 is 7.76. The van der Waals surface area contributed by atoms with Crippen LogP contribution in [0.5, 0.6) is 0 Å². The molecule has 0 spiro atoms. The van der Waals surface area contributed by atoms with Gasteiger partial charge in [-0.15, -0.1) is 0 Å². The Morgan fingerprint density at radius 1 is 1.41 bits per heavy atom. The Kier molecular flexibility index (Phi) is 4.16. The van der Waals surface area contributed by atoms with Crippen LogP contribution in [0, 0.1) is 0 Å².